The average Bonchev–Trinajstić information content (AvgIpc) is 2.29. The van der Waals surface area contributed by atoms with Crippen LogP contribution in [0, 0.1) is 0 Å². The molecule has 1 atom stereocenters. The molecule has 1 N–H and O–H groups in total. The van der Waals surface area contributed by atoms with E-state index in [2.05, 4.69) is 36.1 Å². The normalized spacial score (nSPS) is 12.7. The molecule has 0 aliphatic carbocycles. The molecule has 1 aromatic rings. The summed E-state index contributed by atoms with van der Waals surface area (Å²) in [6, 6.07) is 0. The van der Waals surface area contributed by atoms with Gasteiger partial charge >= 0.3 is 0 Å². The van der Waals surface area contributed by atoms with Crippen LogP contribution in [0.3, 0.4) is 0 Å². The summed E-state index contributed by atoms with van der Waals surface area (Å²) >= 11 is 0. The third kappa shape index (κ3) is 3.96. The first-order chi connectivity index (χ1) is 7.27. The van der Waals surface area contributed by atoms with Gasteiger partial charge in [-0.25, -0.2) is 9.97 Å². The first-order valence-corrected chi connectivity index (χ1v) is 5.79. The summed E-state index contributed by atoms with van der Waals surface area (Å²) in [7, 11) is 0. The van der Waals surface area contributed by atoms with Gasteiger partial charge in [0.2, 0.25) is 0 Å². The second-order valence-electron chi connectivity index (χ2n) is 3.94. The number of hydrogen-bond acceptors (Lipinski definition) is 3. The van der Waals surface area contributed by atoms with Crippen molar-refractivity contribution in [2.75, 3.05) is 6.54 Å². The minimum Gasteiger partial charge on any atom is -0.313 e. The predicted octanol–water partition coefficient (Wildman–Crippen LogP) is 2.49. The Labute approximate surface area is 92.3 Å². The summed E-state index contributed by atoms with van der Waals surface area (Å²) < 4.78 is 0. The van der Waals surface area contributed by atoms with E-state index in [0.29, 0.717) is 5.92 Å². The van der Waals surface area contributed by atoms with Gasteiger partial charge in [-0.1, -0.05) is 20.8 Å². The van der Waals surface area contributed by atoms with E-state index >= 15 is 0 Å². The highest BCUT2D eigenvalue weighted by molar-refractivity contribution is 5.06. The van der Waals surface area contributed by atoms with Gasteiger partial charge in [-0.15, -0.1) is 0 Å². The highest BCUT2D eigenvalue weighted by atomic mass is 14.9. The SMILES string of the molecule is CCCNCc1cnc(C(C)CC)nc1. The zero-order chi connectivity index (χ0) is 11.1. The lowest BCUT2D eigenvalue weighted by Gasteiger charge is -2.07. The summed E-state index contributed by atoms with van der Waals surface area (Å²) in [5, 5.41) is 3.33. The second-order valence-corrected chi connectivity index (χ2v) is 3.94. The molecule has 0 saturated heterocycles. The van der Waals surface area contributed by atoms with Gasteiger partial charge in [0.05, 0.1) is 0 Å². The number of nitrogens with zero attached hydrogens (tertiary/aromatic N) is 2. The molecule has 15 heavy (non-hydrogen) atoms. The van der Waals surface area contributed by atoms with Crippen molar-refractivity contribution in [3.8, 4) is 0 Å². The fourth-order valence-corrected chi connectivity index (χ4v) is 1.30. The van der Waals surface area contributed by atoms with Gasteiger partial charge in [-0.2, -0.15) is 0 Å². The fourth-order valence-electron chi connectivity index (χ4n) is 1.30. The van der Waals surface area contributed by atoms with Crippen LogP contribution in [0.4, 0.5) is 0 Å². The largest absolute Gasteiger partial charge is 0.313 e. The van der Waals surface area contributed by atoms with Crippen molar-refractivity contribution in [1.82, 2.24) is 15.3 Å². The van der Waals surface area contributed by atoms with Crippen LogP contribution in [-0.2, 0) is 6.54 Å². The zero-order valence-electron chi connectivity index (χ0n) is 9.95. The second kappa shape index (κ2) is 6.51. The average molecular weight is 207 g/mol. The fraction of sp³-hybridized carbons (Fsp3) is 0.667. The van der Waals surface area contributed by atoms with E-state index in [1.54, 1.807) is 0 Å². The summed E-state index contributed by atoms with van der Waals surface area (Å²) in [4.78, 5) is 8.75. The van der Waals surface area contributed by atoms with Crippen LogP contribution in [0.15, 0.2) is 12.4 Å². The molecule has 0 aliphatic heterocycles. The van der Waals surface area contributed by atoms with Crippen LogP contribution in [0.25, 0.3) is 0 Å². The number of hydrogen-bond donors (Lipinski definition) is 1. The van der Waals surface area contributed by atoms with Crippen molar-refractivity contribution in [2.24, 2.45) is 0 Å². The van der Waals surface area contributed by atoms with Crippen molar-refractivity contribution >= 4 is 0 Å². The van der Waals surface area contributed by atoms with Crippen LogP contribution in [0.2, 0.25) is 0 Å². The van der Waals surface area contributed by atoms with E-state index in [4.69, 9.17) is 0 Å². The molecule has 0 radical (unpaired) electrons. The van der Waals surface area contributed by atoms with Gasteiger partial charge in [-0.3, -0.25) is 0 Å². The lowest BCUT2D eigenvalue weighted by molar-refractivity contribution is 0.654. The van der Waals surface area contributed by atoms with E-state index in [-0.39, 0.29) is 0 Å². The van der Waals surface area contributed by atoms with Gasteiger partial charge in [-0.05, 0) is 19.4 Å². The molecule has 1 heterocycles. The topological polar surface area (TPSA) is 37.8 Å². The first-order valence-electron chi connectivity index (χ1n) is 5.79. The van der Waals surface area contributed by atoms with Gasteiger partial charge in [0.15, 0.2) is 0 Å². The maximum atomic E-state index is 4.38. The lowest BCUT2D eigenvalue weighted by atomic mass is 10.1. The third-order valence-electron chi connectivity index (χ3n) is 2.53. The van der Waals surface area contributed by atoms with Crippen molar-refractivity contribution < 1.29 is 0 Å². The van der Waals surface area contributed by atoms with Crippen LogP contribution in [-0.4, -0.2) is 16.5 Å². The quantitative estimate of drug-likeness (QED) is 0.728. The number of rotatable bonds is 6. The molecule has 1 unspecified atom stereocenters. The summed E-state index contributed by atoms with van der Waals surface area (Å²) in [6.07, 6.45) is 6.10. The molecule has 0 saturated carbocycles. The molecule has 3 heteroatoms. The van der Waals surface area contributed by atoms with Crippen LogP contribution < -0.4 is 5.32 Å². The highest BCUT2D eigenvalue weighted by Crippen LogP contribution is 2.12. The summed E-state index contributed by atoms with van der Waals surface area (Å²) in [5.74, 6) is 1.42. The summed E-state index contributed by atoms with van der Waals surface area (Å²) in [5.41, 5.74) is 1.16. The van der Waals surface area contributed by atoms with Crippen LogP contribution >= 0.6 is 0 Å². The molecule has 1 rings (SSSR count). The Morgan fingerprint density at radius 1 is 1.27 bits per heavy atom. The van der Waals surface area contributed by atoms with Gasteiger partial charge < -0.3 is 5.32 Å². The van der Waals surface area contributed by atoms with E-state index in [9.17, 15) is 0 Å². The molecule has 0 amide bonds. The number of nitrogens with one attached hydrogen (secondary N) is 1. The Balaban J connectivity index is 2.49. The van der Waals surface area contributed by atoms with E-state index in [1.165, 1.54) is 0 Å². The smallest absolute Gasteiger partial charge is 0.131 e. The highest BCUT2D eigenvalue weighted by Gasteiger charge is 2.05. The van der Waals surface area contributed by atoms with E-state index < -0.39 is 0 Å². The van der Waals surface area contributed by atoms with Crippen molar-refractivity contribution in [3.05, 3.63) is 23.8 Å². The molecule has 1 aromatic heterocycles. The van der Waals surface area contributed by atoms with Gasteiger partial charge in [0.25, 0.3) is 0 Å². The van der Waals surface area contributed by atoms with Crippen molar-refractivity contribution in [1.29, 1.82) is 0 Å². The monoisotopic (exact) mass is 207 g/mol. The van der Waals surface area contributed by atoms with Crippen LogP contribution in [0.1, 0.15) is 50.9 Å². The molecule has 0 fully saturated rings. The first kappa shape index (κ1) is 12.1. The van der Waals surface area contributed by atoms with Gasteiger partial charge in [0, 0.05) is 30.4 Å². The Kier molecular flexibility index (Phi) is 5.26. The van der Waals surface area contributed by atoms with E-state index in [0.717, 1.165) is 37.3 Å². The maximum Gasteiger partial charge on any atom is 0.131 e. The Bertz CT molecular complexity index is 269. The molecule has 3 nitrogen and oxygen atoms in total. The Hall–Kier alpha value is -0.960. The lowest BCUT2D eigenvalue weighted by Crippen LogP contribution is -2.14. The Morgan fingerprint density at radius 3 is 2.47 bits per heavy atom. The molecular formula is C12H21N3. The molecule has 0 aliphatic rings. The molecule has 84 valence electrons. The molecule has 0 bridgehead atoms. The van der Waals surface area contributed by atoms with Crippen LogP contribution in [0.5, 0.6) is 0 Å². The van der Waals surface area contributed by atoms with Crippen molar-refractivity contribution in [3.63, 3.8) is 0 Å². The van der Waals surface area contributed by atoms with Gasteiger partial charge in [0.1, 0.15) is 5.82 Å². The Morgan fingerprint density at radius 2 is 1.93 bits per heavy atom. The maximum absolute atomic E-state index is 4.38. The van der Waals surface area contributed by atoms with Crippen molar-refractivity contribution in [2.45, 2.75) is 46.1 Å². The standard InChI is InChI=1S/C12H21N3/c1-4-6-13-7-11-8-14-12(15-9-11)10(3)5-2/h8-10,13H,4-7H2,1-3H3. The third-order valence-corrected chi connectivity index (χ3v) is 2.53. The zero-order valence-corrected chi connectivity index (χ0v) is 9.95. The van der Waals surface area contributed by atoms with E-state index in [1.807, 2.05) is 12.4 Å². The predicted molar refractivity (Wildman–Crippen MR) is 62.7 cm³/mol. The molecule has 0 aromatic carbocycles. The molecule has 0 spiro atoms. The minimum atomic E-state index is 0.461. The summed E-state index contributed by atoms with van der Waals surface area (Å²) in [6.45, 7) is 8.40. The minimum absolute atomic E-state index is 0.461. The molecular weight excluding hydrogens is 186 g/mol. The number of aromatic nitrogens is 2.